The molecule has 1 N–H and O–H groups in total. The topological polar surface area (TPSA) is 65.8 Å². The van der Waals surface area contributed by atoms with Gasteiger partial charge in [-0.3, -0.25) is 4.79 Å². The molecule has 1 aromatic heterocycles. The van der Waals surface area contributed by atoms with E-state index in [-0.39, 0.29) is 17.0 Å². The second-order valence-corrected chi connectivity index (χ2v) is 10.8. The van der Waals surface area contributed by atoms with Gasteiger partial charge in [0.25, 0.3) is 0 Å². The van der Waals surface area contributed by atoms with Crippen LogP contribution >= 0.6 is 35.6 Å². The SMILES string of the molecule is O=C(O)c1cn(C2CC2)c2cc(N3CCN(C(=S)SCc4ccccc4Cl)CC3)c(F)cc2c1=O. The lowest BCUT2D eigenvalue weighted by atomic mass is 10.1. The Hall–Kier alpha value is -2.62. The molecule has 1 aliphatic heterocycles. The van der Waals surface area contributed by atoms with Crippen LogP contribution in [0.1, 0.15) is 34.8 Å². The Morgan fingerprint density at radius 3 is 2.54 bits per heavy atom. The van der Waals surface area contributed by atoms with Crippen molar-refractivity contribution in [2.75, 3.05) is 31.1 Å². The van der Waals surface area contributed by atoms with E-state index in [4.69, 9.17) is 23.8 Å². The third-order valence-corrected chi connectivity index (χ3v) is 8.40. The quantitative estimate of drug-likeness (QED) is 0.456. The summed E-state index contributed by atoms with van der Waals surface area (Å²) in [6.07, 6.45) is 3.22. The summed E-state index contributed by atoms with van der Waals surface area (Å²) in [5.41, 5.74) is 1.05. The van der Waals surface area contributed by atoms with Gasteiger partial charge in [-0.2, -0.15) is 0 Å². The van der Waals surface area contributed by atoms with E-state index in [1.807, 2.05) is 33.7 Å². The molecule has 1 saturated carbocycles. The van der Waals surface area contributed by atoms with Crippen LogP contribution < -0.4 is 10.3 Å². The molecule has 10 heteroatoms. The molecule has 0 amide bonds. The molecule has 0 bridgehead atoms. The number of pyridine rings is 1. The van der Waals surface area contributed by atoms with Gasteiger partial charge in [-0.25, -0.2) is 9.18 Å². The highest BCUT2D eigenvalue weighted by Crippen LogP contribution is 2.38. The van der Waals surface area contributed by atoms with Crippen molar-refractivity contribution in [3.63, 3.8) is 0 Å². The van der Waals surface area contributed by atoms with E-state index in [0.717, 1.165) is 27.7 Å². The van der Waals surface area contributed by atoms with Gasteiger partial charge in [-0.1, -0.05) is 53.8 Å². The predicted octanol–water partition coefficient (Wildman–Crippen LogP) is 5.17. The molecule has 5 rings (SSSR count). The average molecular weight is 532 g/mol. The lowest BCUT2D eigenvalue weighted by Crippen LogP contribution is -2.48. The number of carboxylic acid groups (broad SMARTS) is 1. The van der Waals surface area contributed by atoms with E-state index in [9.17, 15) is 14.7 Å². The van der Waals surface area contributed by atoms with Crippen LogP contribution in [0, 0.1) is 5.82 Å². The summed E-state index contributed by atoms with van der Waals surface area (Å²) in [7, 11) is 0. The zero-order valence-corrected chi connectivity index (χ0v) is 21.1. The number of carbonyl (C=O) groups is 1. The summed E-state index contributed by atoms with van der Waals surface area (Å²) >= 11 is 13.4. The van der Waals surface area contributed by atoms with Crippen LogP contribution in [0.15, 0.2) is 47.4 Å². The summed E-state index contributed by atoms with van der Waals surface area (Å²) in [5, 5.41) is 10.3. The Bertz CT molecular complexity index is 1380. The molecule has 6 nitrogen and oxygen atoms in total. The number of thioether (sulfide) groups is 1. The van der Waals surface area contributed by atoms with Crippen molar-refractivity contribution >= 4 is 62.5 Å². The van der Waals surface area contributed by atoms with Crippen LogP contribution in [0.5, 0.6) is 0 Å². The number of rotatable bonds is 5. The fourth-order valence-electron chi connectivity index (χ4n) is 4.38. The van der Waals surface area contributed by atoms with E-state index < -0.39 is 17.2 Å². The standard InChI is InChI=1S/C25H23ClFN3O3S2/c26-19-4-2-1-3-15(19)14-35-25(34)29-9-7-28(8-10-29)22-12-21-17(11-20(22)27)23(31)18(24(32)33)13-30(21)16-5-6-16/h1-4,11-13,16H,5-10,14H2,(H,32,33). The lowest BCUT2D eigenvalue weighted by molar-refractivity contribution is 0.0695. The highest BCUT2D eigenvalue weighted by molar-refractivity contribution is 8.22. The van der Waals surface area contributed by atoms with Gasteiger partial charge in [0, 0.05) is 54.6 Å². The predicted molar refractivity (Wildman–Crippen MR) is 143 cm³/mol. The molecular formula is C25H23ClFN3O3S2. The van der Waals surface area contributed by atoms with Crippen molar-refractivity contribution in [3.8, 4) is 0 Å². The minimum Gasteiger partial charge on any atom is -0.477 e. The van der Waals surface area contributed by atoms with Gasteiger partial charge in [-0.15, -0.1) is 0 Å². The van der Waals surface area contributed by atoms with Gasteiger partial charge in [0.1, 0.15) is 15.7 Å². The van der Waals surface area contributed by atoms with Gasteiger partial charge < -0.3 is 19.5 Å². The van der Waals surface area contributed by atoms with E-state index >= 15 is 4.39 Å². The van der Waals surface area contributed by atoms with Crippen molar-refractivity contribution in [2.24, 2.45) is 0 Å². The van der Waals surface area contributed by atoms with E-state index in [1.165, 1.54) is 12.3 Å². The zero-order chi connectivity index (χ0) is 24.7. The molecular weight excluding hydrogens is 509 g/mol. The Labute approximate surface area is 216 Å². The van der Waals surface area contributed by atoms with Crippen LogP contribution in [-0.4, -0.2) is 51.0 Å². The maximum atomic E-state index is 15.2. The normalized spacial score (nSPS) is 16.1. The highest BCUT2D eigenvalue weighted by atomic mass is 35.5. The van der Waals surface area contributed by atoms with Crippen molar-refractivity contribution in [3.05, 3.63) is 74.8 Å². The minimum absolute atomic E-state index is 0.105. The van der Waals surface area contributed by atoms with E-state index in [2.05, 4.69) is 4.90 Å². The summed E-state index contributed by atoms with van der Waals surface area (Å²) < 4.78 is 17.8. The Kier molecular flexibility index (Phi) is 6.74. The number of nitrogens with zero attached hydrogens (tertiary/aromatic N) is 3. The van der Waals surface area contributed by atoms with Gasteiger partial charge >= 0.3 is 5.97 Å². The first-order valence-corrected chi connectivity index (χ1v) is 13.1. The number of aromatic nitrogens is 1. The number of anilines is 1. The number of fused-ring (bicyclic) bond motifs is 1. The van der Waals surface area contributed by atoms with Gasteiger partial charge in [-0.05, 0) is 36.6 Å². The Balaban J connectivity index is 1.33. The van der Waals surface area contributed by atoms with Crippen molar-refractivity contribution in [1.82, 2.24) is 9.47 Å². The Morgan fingerprint density at radius 1 is 1.17 bits per heavy atom. The van der Waals surface area contributed by atoms with Crippen LogP contribution in [0.3, 0.4) is 0 Å². The first-order valence-electron chi connectivity index (χ1n) is 11.3. The molecule has 0 radical (unpaired) electrons. The summed E-state index contributed by atoms with van der Waals surface area (Å²) in [6.45, 7) is 2.46. The van der Waals surface area contributed by atoms with Gasteiger partial charge in [0.05, 0.1) is 11.2 Å². The fraction of sp³-hybridized carbons (Fsp3) is 0.320. The third kappa shape index (κ3) is 4.90. The fourth-order valence-corrected chi connectivity index (χ4v) is 5.92. The first-order chi connectivity index (χ1) is 16.8. The Morgan fingerprint density at radius 2 is 1.89 bits per heavy atom. The van der Waals surface area contributed by atoms with Crippen molar-refractivity contribution in [1.29, 1.82) is 0 Å². The molecule has 0 spiro atoms. The van der Waals surface area contributed by atoms with Crippen molar-refractivity contribution in [2.45, 2.75) is 24.6 Å². The molecule has 1 saturated heterocycles. The molecule has 2 heterocycles. The van der Waals surface area contributed by atoms with Gasteiger partial charge in [0.15, 0.2) is 0 Å². The number of hydrogen-bond acceptors (Lipinski definition) is 5. The molecule has 182 valence electrons. The van der Waals surface area contributed by atoms with Crippen LogP contribution in [0.2, 0.25) is 5.02 Å². The number of carboxylic acids is 1. The van der Waals surface area contributed by atoms with Crippen LogP contribution in [-0.2, 0) is 5.75 Å². The first kappa shape index (κ1) is 24.1. The summed E-state index contributed by atoms with van der Waals surface area (Å²) in [6, 6.07) is 10.7. The average Bonchev–Trinajstić information content (AvgIpc) is 3.69. The third-order valence-electron chi connectivity index (χ3n) is 6.46. The molecule has 35 heavy (non-hydrogen) atoms. The highest BCUT2D eigenvalue weighted by Gasteiger charge is 2.28. The van der Waals surface area contributed by atoms with Crippen LogP contribution in [0.25, 0.3) is 10.9 Å². The van der Waals surface area contributed by atoms with Gasteiger partial charge in [0.2, 0.25) is 5.43 Å². The molecule has 2 aromatic carbocycles. The number of halogens is 2. The zero-order valence-electron chi connectivity index (χ0n) is 18.7. The monoisotopic (exact) mass is 531 g/mol. The second-order valence-electron chi connectivity index (χ2n) is 8.76. The molecule has 1 aliphatic carbocycles. The van der Waals surface area contributed by atoms with E-state index in [0.29, 0.717) is 43.1 Å². The van der Waals surface area contributed by atoms with Crippen LogP contribution in [0.4, 0.5) is 10.1 Å². The molecule has 2 aliphatic rings. The summed E-state index contributed by atoms with van der Waals surface area (Å²) in [4.78, 5) is 28.3. The number of piperazine rings is 1. The smallest absolute Gasteiger partial charge is 0.341 e. The molecule has 0 atom stereocenters. The number of thiocarbonyl (C=S) groups is 1. The lowest BCUT2D eigenvalue weighted by Gasteiger charge is -2.37. The van der Waals surface area contributed by atoms with E-state index in [1.54, 1.807) is 17.8 Å². The second kappa shape index (κ2) is 9.79. The molecule has 0 unspecified atom stereocenters. The molecule has 3 aromatic rings. The van der Waals surface area contributed by atoms with Crippen molar-refractivity contribution < 1.29 is 14.3 Å². The number of benzene rings is 2. The molecule has 2 fully saturated rings. The summed E-state index contributed by atoms with van der Waals surface area (Å²) in [5.74, 6) is -1.13. The maximum absolute atomic E-state index is 15.2. The number of aromatic carboxylic acids is 1. The largest absolute Gasteiger partial charge is 0.477 e. The maximum Gasteiger partial charge on any atom is 0.341 e. The number of hydrogen-bond donors (Lipinski definition) is 1. The minimum atomic E-state index is -1.30.